The molecule has 0 heterocycles. The largest absolute Gasteiger partial charge is 0.383 e. The molecule has 1 rings (SSSR count). The van der Waals surface area contributed by atoms with E-state index >= 15 is 0 Å². The van der Waals surface area contributed by atoms with Gasteiger partial charge in [0, 0.05) is 20.7 Å². The second-order valence-electron chi connectivity index (χ2n) is 5.07. The van der Waals surface area contributed by atoms with E-state index in [2.05, 4.69) is 5.32 Å². The summed E-state index contributed by atoms with van der Waals surface area (Å²) in [5, 5.41) is 2.66. The van der Waals surface area contributed by atoms with Crippen LogP contribution in [0.5, 0.6) is 0 Å². The summed E-state index contributed by atoms with van der Waals surface area (Å²) in [4.78, 5) is 25.5. The third kappa shape index (κ3) is 4.84. The van der Waals surface area contributed by atoms with Crippen LogP contribution in [0.2, 0.25) is 0 Å². The lowest BCUT2D eigenvalue weighted by molar-refractivity contribution is -0.139. The molecule has 0 aliphatic rings. The van der Waals surface area contributed by atoms with Gasteiger partial charge in [0.05, 0.1) is 13.2 Å². The monoisotopic (exact) mass is 293 g/mol. The summed E-state index contributed by atoms with van der Waals surface area (Å²) in [5.74, 6) is -0.553. The Morgan fingerprint density at radius 1 is 1.33 bits per heavy atom. The lowest BCUT2D eigenvalue weighted by Gasteiger charge is -2.29. The zero-order valence-corrected chi connectivity index (χ0v) is 12.8. The number of ether oxygens (including phenoxy) is 1. The smallest absolute Gasteiger partial charge is 0.247 e. The van der Waals surface area contributed by atoms with Crippen LogP contribution in [0, 0.1) is 0 Å². The molecule has 6 heteroatoms. The van der Waals surface area contributed by atoms with E-state index in [0.717, 1.165) is 0 Å². The van der Waals surface area contributed by atoms with Crippen LogP contribution in [0.15, 0.2) is 30.3 Å². The molecule has 1 aromatic rings. The number of carbonyl (C=O) groups is 2. The number of rotatable bonds is 7. The summed E-state index contributed by atoms with van der Waals surface area (Å²) in [6.45, 7) is 2.45. The van der Waals surface area contributed by atoms with Crippen LogP contribution in [0.4, 0.5) is 0 Å². The molecular formula is C15H23N3O3. The highest BCUT2D eigenvalue weighted by Crippen LogP contribution is 2.19. The second kappa shape index (κ2) is 7.75. The molecule has 1 aromatic carbocycles. The lowest BCUT2D eigenvalue weighted by atomic mass is 9.92. The highest BCUT2D eigenvalue weighted by Gasteiger charge is 2.33. The molecule has 0 bridgehead atoms. The van der Waals surface area contributed by atoms with Crippen LogP contribution >= 0.6 is 0 Å². The minimum absolute atomic E-state index is 0.0395. The number of likely N-dealkylation sites (N-methyl/N-ethyl adjacent to an activating group) is 1. The second-order valence-corrected chi connectivity index (χ2v) is 5.07. The Labute approximate surface area is 125 Å². The third-order valence-electron chi connectivity index (χ3n) is 3.17. The summed E-state index contributed by atoms with van der Waals surface area (Å²) < 4.78 is 4.84. The Morgan fingerprint density at radius 2 is 1.95 bits per heavy atom. The van der Waals surface area contributed by atoms with Gasteiger partial charge in [-0.25, -0.2) is 0 Å². The van der Waals surface area contributed by atoms with Crippen LogP contribution in [0.3, 0.4) is 0 Å². The average Bonchev–Trinajstić information content (AvgIpc) is 2.47. The first kappa shape index (κ1) is 17.1. The minimum Gasteiger partial charge on any atom is -0.383 e. The number of nitrogens with one attached hydrogen (secondary N) is 1. The molecule has 3 N–H and O–H groups in total. The topological polar surface area (TPSA) is 84.7 Å². The van der Waals surface area contributed by atoms with Crippen LogP contribution in [-0.2, 0) is 19.9 Å². The van der Waals surface area contributed by atoms with Crippen LogP contribution in [0.1, 0.15) is 12.5 Å². The molecule has 0 saturated carbocycles. The van der Waals surface area contributed by atoms with E-state index in [4.69, 9.17) is 10.5 Å². The van der Waals surface area contributed by atoms with Gasteiger partial charge in [0.2, 0.25) is 11.8 Å². The van der Waals surface area contributed by atoms with E-state index in [1.165, 1.54) is 4.90 Å². The quantitative estimate of drug-likeness (QED) is 0.697. The van der Waals surface area contributed by atoms with Crippen molar-refractivity contribution in [1.82, 2.24) is 10.2 Å². The molecule has 0 aromatic heterocycles. The van der Waals surface area contributed by atoms with E-state index in [-0.39, 0.29) is 18.4 Å². The predicted molar refractivity (Wildman–Crippen MR) is 80.5 cm³/mol. The number of hydrogen-bond acceptors (Lipinski definition) is 4. The number of benzene rings is 1. The third-order valence-corrected chi connectivity index (χ3v) is 3.17. The van der Waals surface area contributed by atoms with E-state index in [9.17, 15) is 9.59 Å². The van der Waals surface area contributed by atoms with Gasteiger partial charge in [-0.15, -0.1) is 0 Å². The first-order chi connectivity index (χ1) is 9.89. The van der Waals surface area contributed by atoms with Crippen LogP contribution < -0.4 is 11.1 Å². The number of amides is 2. The maximum absolute atomic E-state index is 12.4. The van der Waals surface area contributed by atoms with Gasteiger partial charge in [-0.2, -0.15) is 0 Å². The molecule has 1 atom stereocenters. The van der Waals surface area contributed by atoms with Crippen molar-refractivity contribution in [3.8, 4) is 0 Å². The molecule has 0 radical (unpaired) electrons. The first-order valence-corrected chi connectivity index (χ1v) is 6.75. The molecule has 0 saturated heterocycles. The van der Waals surface area contributed by atoms with Crippen molar-refractivity contribution in [2.75, 3.05) is 33.9 Å². The predicted octanol–water partition coefficient (Wildman–Crippen LogP) is 0.0815. The van der Waals surface area contributed by atoms with Gasteiger partial charge in [0.25, 0.3) is 0 Å². The molecule has 6 nitrogen and oxygen atoms in total. The lowest BCUT2D eigenvalue weighted by Crippen LogP contribution is -2.52. The number of methoxy groups -OCH3 is 1. The summed E-state index contributed by atoms with van der Waals surface area (Å²) in [6.07, 6.45) is 0. The number of nitrogens with two attached hydrogens (primary N) is 1. The van der Waals surface area contributed by atoms with Crippen molar-refractivity contribution in [2.45, 2.75) is 12.5 Å². The van der Waals surface area contributed by atoms with Crippen molar-refractivity contribution in [3.63, 3.8) is 0 Å². The maximum Gasteiger partial charge on any atom is 0.247 e. The number of nitrogens with zero attached hydrogens (tertiary/aromatic N) is 1. The van der Waals surface area contributed by atoms with Gasteiger partial charge >= 0.3 is 0 Å². The van der Waals surface area contributed by atoms with E-state index in [0.29, 0.717) is 18.7 Å². The number of carbonyl (C=O) groups excluding carboxylic acids is 2. The first-order valence-electron chi connectivity index (χ1n) is 6.75. The van der Waals surface area contributed by atoms with Crippen LogP contribution in [0.25, 0.3) is 0 Å². The molecule has 0 aliphatic carbocycles. The van der Waals surface area contributed by atoms with Gasteiger partial charge in [0.15, 0.2) is 0 Å². The Kier molecular flexibility index (Phi) is 6.33. The minimum atomic E-state index is -1.16. The summed E-state index contributed by atoms with van der Waals surface area (Å²) in [7, 11) is 3.12. The van der Waals surface area contributed by atoms with Gasteiger partial charge in [-0.05, 0) is 12.5 Å². The fraction of sp³-hybridized carbons (Fsp3) is 0.467. The van der Waals surface area contributed by atoms with Crippen molar-refractivity contribution in [2.24, 2.45) is 5.73 Å². The Balaban J connectivity index is 2.63. The van der Waals surface area contributed by atoms with E-state index in [1.54, 1.807) is 33.2 Å². The molecule has 0 aliphatic heterocycles. The Morgan fingerprint density at radius 3 is 2.52 bits per heavy atom. The van der Waals surface area contributed by atoms with Gasteiger partial charge in [0.1, 0.15) is 5.54 Å². The van der Waals surface area contributed by atoms with Gasteiger partial charge in [-0.1, -0.05) is 30.3 Å². The van der Waals surface area contributed by atoms with Gasteiger partial charge < -0.3 is 20.7 Å². The molecular weight excluding hydrogens is 270 g/mol. The average molecular weight is 293 g/mol. The van der Waals surface area contributed by atoms with E-state index < -0.39 is 5.54 Å². The SMILES string of the molecule is COCCNC(=O)CN(C)C(=O)C(C)(N)c1ccccc1. The van der Waals surface area contributed by atoms with Gasteiger partial charge in [-0.3, -0.25) is 9.59 Å². The van der Waals surface area contributed by atoms with Crippen molar-refractivity contribution < 1.29 is 14.3 Å². The normalized spacial score (nSPS) is 13.3. The molecule has 2 amide bonds. The highest BCUT2D eigenvalue weighted by molar-refractivity contribution is 5.90. The Bertz CT molecular complexity index is 474. The van der Waals surface area contributed by atoms with E-state index in [1.807, 2.05) is 18.2 Å². The standard InChI is InChI=1S/C15H23N3O3/c1-15(16,12-7-5-4-6-8-12)14(20)18(2)11-13(19)17-9-10-21-3/h4-8H,9-11,16H2,1-3H3,(H,17,19). The fourth-order valence-corrected chi connectivity index (χ4v) is 1.94. The zero-order valence-electron chi connectivity index (χ0n) is 12.8. The fourth-order valence-electron chi connectivity index (χ4n) is 1.94. The molecule has 0 fully saturated rings. The van der Waals surface area contributed by atoms with Crippen molar-refractivity contribution in [3.05, 3.63) is 35.9 Å². The molecule has 1 unspecified atom stereocenters. The highest BCUT2D eigenvalue weighted by atomic mass is 16.5. The Hall–Kier alpha value is -1.92. The number of hydrogen-bond donors (Lipinski definition) is 2. The van der Waals surface area contributed by atoms with Crippen molar-refractivity contribution >= 4 is 11.8 Å². The molecule has 0 spiro atoms. The summed E-state index contributed by atoms with van der Waals surface area (Å²) in [6, 6.07) is 9.10. The summed E-state index contributed by atoms with van der Waals surface area (Å²) >= 11 is 0. The van der Waals surface area contributed by atoms with Crippen molar-refractivity contribution in [1.29, 1.82) is 0 Å². The molecule has 21 heavy (non-hydrogen) atoms. The van der Waals surface area contributed by atoms with Crippen LogP contribution in [-0.4, -0.2) is 50.6 Å². The zero-order chi connectivity index (χ0) is 15.9. The summed E-state index contributed by atoms with van der Waals surface area (Å²) in [5.41, 5.74) is 5.68. The molecule has 116 valence electrons. The maximum atomic E-state index is 12.4.